The molecule has 19 heteroatoms. The topological polar surface area (TPSA) is 237 Å². The van der Waals surface area contributed by atoms with Crippen LogP contribution in [0.1, 0.15) is 323 Å². The summed E-state index contributed by atoms with van der Waals surface area (Å²) in [6.45, 7) is 4.56. The Bertz CT molecular complexity index is 2410. The fraction of sp³-hybridized carbons (Fsp3) is 0.711. The zero-order valence-electron chi connectivity index (χ0n) is 64.0. The van der Waals surface area contributed by atoms with Crippen LogP contribution in [0.3, 0.4) is 0 Å². The first kappa shape index (κ1) is 97.5. The highest BCUT2D eigenvalue weighted by Crippen LogP contribution is 2.45. The molecule has 5 atom stereocenters. The van der Waals surface area contributed by atoms with Crippen LogP contribution >= 0.6 is 15.6 Å². The molecule has 0 amide bonds. The first-order chi connectivity index (χ1) is 49.7. The maximum atomic E-state index is 13.1. The normalized spacial score (nSPS) is 14.5. The van der Waals surface area contributed by atoms with Crippen molar-refractivity contribution >= 4 is 39.5 Å². The van der Waals surface area contributed by atoms with E-state index in [1.165, 1.54) is 109 Å². The second kappa shape index (κ2) is 74.7. The van der Waals surface area contributed by atoms with Crippen molar-refractivity contribution in [2.45, 2.75) is 341 Å². The number of rotatable bonds is 74. The van der Waals surface area contributed by atoms with Crippen molar-refractivity contribution in [1.82, 2.24) is 0 Å². The lowest BCUT2D eigenvalue weighted by Crippen LogP contribution is -2.30. The molecule has 102 heavy (non-hydrogen) atoms. The van der Waals surface area contributed by atoms with Gasteiger partial charge in [0.25, 0.3) is 0 Å². The molecule has 0 aliphatic rings. The second-order valence-corrected chi connectivity index (χ2v) is 29.2. The summed E-state index contributed by atoms with van der Waals surface area (Å²) in [6.07, 6.45) is 82.0. The molecule has 0 heterocycles. The summed E-state index contributed by atoms with van der Waals surface area (Å²) in [6, 6.07) is 0. The van der Waals surface area contributed by atoms with Crippen LogP contribution < -0.4 is 0 Å². The Labute approximate surface area is 619 Å². The van der Waals surface area contributed by atoms with Crippen molar-refractivity contribution in [2.24, 2.45) is 0 Å². The Morgan fingerprint density at radius 2 is 0.529 bits per heavy atom. The Balaban J connectivity index is 5.41. The van der Waals surface area contributed by atoms with E-state index in [2.05, 4.69) is 131 Å². The summed E-state index contributed by atoms with van der Waals surface area (Å²) in [5, 5.41) is 10.6. The third-order valence-corrected chi connectivity index (χ3v) is 18.4. The van der Waals surface area contributed by atoms with Gasteiger partial charge in [-0.1, -0.05) is 316 Å². The Morgan fingerprint density at radius 1 is 0.284 bits per heavy atom. The van der Waals surface area contributed by atoms with Crippen LogP contribution in [0.5, 0.6) is 0 Å². The first-order valence-corrected chi connectivity index (χ1v) is 42.8. The van der Waals surface area contributed by atoms with E-state index in [9.17, 15) is 43.2 Å². The van der Waals surface area contributed by atoms with Gasteiger partial charge >= 0.3 is 39.5 Å². The molecule has 0 radical (unpaired) electrons. The lowest BCUT2D eigenvalue weighted by atomic mass is 10.0. The summed E-state index contributed by atoms with van der Waals surface area (Å²) in [5.41, 5.74) is 0. The van der Waals surface area contributed by atoms with Crippen LogP contribution in [0, 0.1) is 0 Å². The molecule has 0 aliphatic carbocycles. The summed E-state index contributed by atoms with van der Waals surface area (Å²) in [5.74, 6) is -2.29. The number of hydrogen-bond donors (Lipinski definition) is 3. The molecule has 0 aliphatic heterocycles. The average molecular weight is 1470 g/mol. The molecule has 0 bridgehead atoms. The number of carbonyl (C=O) groups excluding carboxylic acids is 4. The molecule has 0 saturated carbocycles. The van der Waals surface area contributed by atoms with Gasteiger partial charge in [-0.05, 0) is 103 Å². The quantitative estimate of drug-likeness (QED) is 0.0169. The number of allylic oxidation sites excluding steroid dienone is 20. The van der Waals surface area contributed by atoms with Crippen molar-refractivity contribution in [1.29, 1.82) is 0 Å². The third kappa shape index (κ3) is 73.8. The summed E-state index contributed by atoms with van der Waals surface area (Å²) in [4.78, 5) is 72.9. The van der Waals surface area contributed by atoms with Crippen LogP contribution in [0.15, 0.2) is 122 Å². The fourth-order valence-corrected chi connectivity index (χ4v) is 12.1. The van der Waals surface area contributed by atoms with Gasteiger partial charge in [0, 0.05) is 25.7 Å². The van der Waals surface area contributed by atoms with E-state index in [0.717, 1.165) is 128 Å². The molecule has 0 aromatic carbocycles. The minimum absolute atomic E-state index is 0.0283. The summed E-state index contributed by atoms with van der Waals surface area (Å²) < 4.78 is 68.5. The van der Waals surface area contributed by atoms with Crippen LogP contribution in [-0.4, -0.2) is 96.7 Å². The number of hydrogen-bond acceptors (Lipinski definition) is 15. The molecule has 0 rings (SSSR count). The van der Waals surface area contributed by atoms with Crippen LogP contribution in [-0.2, 0) is 65.4 Å². The number of aliphatic hydroxyl groups excluding tert-OH is 1. The molecule has 586 valence electrons. The van der Waals surface area contributed by atoms with E-state index >= 15 is 0 Å². The lowest BCUT2D eigenvalue weighted by Gasteiger charge is -2.21. The van der Waals surface area contributed by atoms with Crippen molar-refractivity contribution in [3.63, 3.8) is 0 Å². The van der Waals surface area contributed by atoms with E-state index in [4.69, 9.17) is 37.0 Å². The highest BCUT2D eigenvalue weighted by molar-refractivity contribution is 7.47. The number of aliphatic hydroxyl groups is 1. The van der Waals surface area contributed by atoms with Gasteiger partial charge in [0.1, 0.15) is 19.3 Å². The number of phosphoric ester groups is 2. The van der Waals surface area contributed by atoms with E-state index in [-0.39, 0.29) is 25.7 Å². The zero-order valence-corrected chi connectivity index (χ0v) is 65.8. The molecule has 0 aromatic heterocycles. The van der Waals surface area contributed by atoms with Crippen molar-refractivity contribution in [2.75, 3.05) is 39.6 Å². The van der Waals surface area contributed by atoms with Crippen LogP contribution in [0.2, 0.25) is 0 Å². The minimum Gasteiger partial charge on any atom is -0.462 e. The monoisotopic (exact) mass is 1470 g/mol. The average Bonchev–Trinajstić information content (AvgIpc) is 0.921. The Hall–Kier alpha value is -4.54. The molecule has 3 N–H and O–H groups in total. The molecule has 0 fully saturated rings. The van der Waals surface area contributed by atoms with Gasteiger partial charge in [0.05, 0.1) is 26.4 Å². The molecule has 5 unspecified atom stereocenters. The zero-order chi connectivity index (χ0) is 74.6. The second-order valence-electron chi connectivity index (χ2n) is 26.3. The SMILES string of the molecule is CC/C=C\C/C=C\C/C=C\C/C=C\C/C=C\C/C=C\CCC(=O)OCC(COP(=O)(O)OCC(O)COP(=O)(O)OCC(COC(=O)CCCCCCCCCCCCCCCCC)OC(=O)CCCCCCCCCCCCC)OC(=O)CCCCCC/C=C\C/C=C\C/C=C\C/C=C\CC. The van der Waals surface area contributed by atoms with Gasteiger partial charge in [0.2, 0.25) is 0 Å². The summed E-state index contributed by atoms with van der Waals surface area (Å²) in [7, 11) is -9.98. The number of esters is 4. The van der Waals surface area contributed by atoms with Crippen molar-refractivity contribution in [3.05, 3.63) is 122 Å². The van der Waals surface area contributed by atoms with Gasteiger partial charge in [-0.25, -0.2) is 9.13 Å². The van der Waals surface area contributed by atoms with Crippen molar-refractivity contribution in [3.8, 4) is 0 Å². The highest BCUT2D eigenvalue weighted by Gasteiger charge is 2.30. The molecular weight excluding hydrogens is 1330 g/mol. The molecular formula is C83H142O17P2. The first-order valence-electron chi connectivity index (χ1n) is 39.8. The number of carbonyl (C=O) groups is 4. The van der Waals surface area contributed by atoms with Gasteiger partial charge in [0.15, 0.2) is 12.2 Å². The maximum absolute atomic E-state index is 13.1. The smallest absolute Gasteiger partial charge is 0.462 e. The van der Waals surface area contributed by atoms with Gasteiger partial charge in [-0.2, -0.15) is 0 Å². The molecule has 17 nitrogen and oxygen atoms in total. The number of unbranched alkanes of at least 4 members (excludes halogenated alkanes) is 28. The van der Waals surface area contributed by atoms with Crippen LogP contribution in [0.4, 0.5) is 0 Å². The highest BCUT2D eigenvalue weighted by atomic mass is 31.2. The fourth-order valence-electron chi connectivity index (χ4n) is 10.5. The van der Waals surface area contributed by atoms with Gasteiger partial charge < -0.3 is 33.8 Å². The van der Waals surface area contributed by atoms with E-state index in [1.807, 2.05) is 18.2 Å². The Morgan fingerprint density at radius 3 is 0.843 bits per heavy atom. The molecule has 0 saturated heterocycles. The standard InChI is InChI=1S/C83H142O17P2/c1-5-9-13-17-21-25-29-32-35-37-38-40-42-45-49-52-56-60-64-68-81(86)94-74-79(100-83(88)70-66-62-58-54-50-46-43-39-36-33-30-26-22-18-14-10-6-2)76-98-102(91,92)96-72-77(84)71-95-101(89,90)97-75-78(99-82(87)69-65-61-57-53-47-28-24-20-16-12-8-4)73-93-80(85)67-63-59-55-51-48-44-41-34-31-27-23-19-15-11-7-3/h9-10,13-14,21-22,25-26,32-33,35-36,38,40,43,45-46,49,56,60,77-79,84H,5-8,11-12,15-20,23-24,27-31,34,37,39,41-42,44,47-48,50-55,57-59,61-76H2,1-4H3,(H,89,90)(H,91,92)/b13-9-,14-10-,25-21-,26-22-,35-32-,36-33-,40-38-,46-43-,49-45-,60-56-. The minimum atomic E-state index is -5.00. The van der Waals surface area contributed by atoms with Gasteiger partial charge in [-0.15, -0.1) is 0 Å². The lowest BCUT2D eigenvalue weighted by molar-refractivity contribution is -0.161. The predicted molar refractivity (Wildman–Crippen MR) is 418 cm³/mol. The number of ether oxygens (including phenoxy) is 4. The molecule has 0 spiro atoms. The Kier molecular flexibility index (Phi) is 71.4. The van der Waals surface area contributed by atoms with E-state index in [0.29, 0.717) is 32.1 Å². The van der Waals surface area contributed by atoms with Gasteiger partial charge in [-0.3, -0.25) is 37.3 Å². The van der Waals surface area contributed by atoms with E-state index in [1.54, 1.807) is 0 Å². The third-order valence-electron chi connectivity index (χ3n) is 16.5. The molecule has 0 aromatic rings. The van der Waals surface area contributed by atoms with Crippen molar-refractivity contribution < 1.29 is 80.2 Å². The largest absolute Gasteiger partial charge is 0.472 e. The predicted octanol–water partition coefficient (Wildman–Crippen LogP) is 23.1. The number of phosphoric acid groups is 2. The van der Waals surface area contributed by atoms with E-state index < -0.39 is 97.5 Å². The van der Waals surface area contributed by atoms with Crippen LogP contribution in [0.25, 0.3) is 0 Å². The maximum Gasteiger partial charge on any atom is 0.472 e. The summed E-state index contributed by atoms with van der Waals surface area (Å²) >= 11 is 0.